The van der Waals surface area contributed by atoms with Gasteiger partial charge in [-0.25, -0.2) is 0 Å². The van der Waals surface area contributed by atoms with Gasteiger partial charge in [0, 0.05) is 12.1 Å². The zero-order chi connectivity index (χ0) is 12.3. The molecular formula is C11H10N2O4. The van der Waals surface area contributed by atoms with Gasteiger partial charge in [0.05, 0.1) is 12.7 Å². The van der Waals surface area contributed by atoms with Gasteiger partial charge in [-0.15, -0.1) is 0 Å². The highest BCUT2D eigenvalue weighted by Crippen LogP contribution is 2.23. The molecule has 0 bridgehead atoms. The van der Waals surface area contributed by atoms with Crippen LogP contribution in [-0.4, -0.2) is 23.3 Å². The predicted octanol–water partition coefficient (Wildman–Crippen LogP) is 1.64. The second kappa shape index (κ2) is 4.56. The van der Waals surface area contributed by atoms with Crippen LogP contribution < -0.4 is 10.1 Å². The van der Waals surface area contributed by atoms with Gasteiger partial charge in [-0.1, -0.05) is 5.16 Å². The minimum atomic E-state index is -0.473. The van der Waals surface area contributed by atoms with Gasteiger partial charge in [-0.2, -0.15) is 0 Å². The second-order valence-electron chi connectivity index (χ2n) is 3.22. The largest absolute Gasteiger partial charge is 0.507 e. The minimum Gasteiger partial charge on any atom is -0.507 e. The van der Waals surface area contributed by atoms with Crippen molar-refractivity contribution in [2.75, 3.05) is 12.4 Å². The van der Waals surface area contributed by atoms with Crippen LogP contribution in [0, 0.1) is 0 Å². The van der Waals surface area contributed by atoms with Gasteiger partial charge in [-0.05, 0) is 12.1 Å². The third-order valence-electron chi connectivity index (χ3n) is 2.13. The Kier molecular flexibility index (Phi) is 2.95. The van der Waals surface area contributed by atoms with Crippen LogP contribution >= 0.6 is 0 Å². The van der Waals surface area contributed by atoms with Crippen LogP contribution in [0.3, 0.4) is 0 Å². The van der Waals surface area contributed by atoms with Crippen molar-refractivity contribution >= 4 is 11.7 Å². The van der Waals surface area contributed by atoms with Crippen LogP contribution in [0.4, 0.5) is 5.82 Å². The monoisotopic (exact) mass is 234 g/mol. The molecule has 1 amide bonds. The Morgan fingerprint density at radius 2 is 2.29 bits per heavy atom. The molecule has 0 saturated carbocycles. The number of hydrogen-bond donors (Lipinski definition) is 2. The number of rotatable bonds is 3. The molecule has 0 aliphatic rings. The van der Waals surface area contributed by atoms with E-state index in [0.29, 0.717) is 5.75 Å². The number of ether oxygens (including phenoxy) is 1. The predicted molar refractivity (Wildman–Crippen MR) is 59.1 cm³/mol. The average Bonchev–Trinajstić information content (AvgIpc) is 2.81. The van der Waals surface area contributed by atoms with Crippen molar-refractivity contribution in [2.24, 2.45) is 0 Å². The lowest BCUT2D eigenvalue weighted by Gasteiger charge is -2.06. The SMILES string of the molecule is COc1ccc(C(=O)Nc2ccon2)c(O)c1. The van der Waals surface area contributed by atoms with E-state index in [1.54, 1.807) is 6.07 Å². The fourth-order valence-corrected chi connectivity index (χ4v) is 1.29. The third kappa shape index (κ3) is 2.36. The molecule has 0 aliphatic heterocycles. The number of anilines is 1. The molecule has 0 saturated heterocycles. The Morgan fingerprint density at radius 3 is 2.88 bits per heavy atom. The van der Waals surface area contributed by atoms with Crippen LogP contribution in [0.5, 0.6) is 11.5 Å². The zero-order valence-electron chi connectivity index (χ0n) is 9.01. The van der Waals surface area contributed by atoms with E-state index < -0.39 is 5.91 Å². The smallest absolute Gasteiger partial charge is 0.260 e. The first-order valence-corrected chi connectivity index (χ1v) is 4.79. The van der Waals surface area contributed by atoms with E-state index in [9.17, 15) is 9.90 Å². The van der Waals surface area contributed by atoms with Crippen LogP contribution in [0.25, 0.3) is 0 Å². The lowest BCUT2D eigenvalue weighted by atomic mass is 10.2. The van der Waals surface area contributed by atoms with Crippen LogP contribution in [0.1, 0.15) is 10.4 Å². The first-order chi connectivity index (χ1) is 8.20. The summed E-state index contributed by atoms with van der Waals surface area (Å²) in [4.78, 5) is 11.7. The number of methoxy groups -OCH3 is 1. The fourth-order valence-electron chi connectivity index (χ4n) is 1.29. The topological polar surface area (TPSA) is 84.6 Å². The van der Waals surface area contributed by atoms with Gasteiger partial charge in [0.25, 0.3) is 5.91 Å². The normalized spacial score (nSPS) is 9.94. The summed E-state index contributed by atoms with van der Waals surface area (Å²) in [5.41, 5.74) is 0.133. The lowest BCUT2D eigenvalue weighted by Crippen LogP contribution is -2.12. The minimum absolute atomic E-state index is 0.133. The number of aromatic hydroxyl groups is 1. The molecule has 0 radical (unpaired) electrons. The van der Waals surface area contributed by atoms with E-state index in [2.05, 4.69) is 15.0 Å². The van der Waals surface area contributed by atoms with E-state index in [1.165, 1.54) is 31.6 Å². The van der Waals surface area contributed by atoms with E-state index >= 15 is 0 Å². The van der Waals surface area contributed by atoms with E-state index in [4.69, 9.17) is 4.74 Å². The average molecular weight is 234 g/mol. The molecule has 2 aromatic rings. The Morgan fingerprint density at radius 1 is 1.47 bits per heavy atom. The number of benzene rings is 1. The first kappa shape index (κ1) is 11.0. The van der Waals surface area contributed by atoms with Gasteiger partial charge in [0.1, 0.15) is 17.8 Å². The van der Waals surface area contributed by atoms with Gasteiger partial charge in [-0.3, -0.25) is 4.79 Å². The van der Waals surface area contributed by atoms with Gasteiger partial charge in [0.2, 0.25) is 0 Å². The molecule has 2 rings (SSSR count). The highest BCUT2D eigenvalue weighted by molar-refractivity contribution is 6.05. The summed E-state index contributed by atoms with van der Waals surface area (Å²) in [6.07, 6.45) is 1.34. The molecule has 17 heavy (non-hydrogen) atoms. The van der Waals surface area contributed by atoms with Crippen molar-refractivity contribution in [1.82, 2.24) is 5.16 Å². The van der Waals surface area contributed by atoms with E-state index in [1.807, 2.05) is 0 Å². The number of nitrogens with zero attached hydrogens (tertiary/aromatic N) is 1. The molecule has 0 atom stereocenters. The number of carbonyl (C=O) groups is 1. The summed E-state index contributed by atoms with van der Waals surface area (Å²) in [6, 6.07) is 5.90. The molecule has 0 unspecified atom stereocenters. The molecule has 0 spiro atoms. The van der Waals surface area contributed by atoms with Crippen molar-refractivity contribution in [3.63, 3.8) is 0 Å². The fraction of sp³-hybridized carbons (Fsp3) is 0.0909. The van der Waals surface area contributed by atoms with Crippen molar-refractivity contribution in [1.29, 1.82) is 0 Å². The molecule has 88 valence electrons. The summed E-state index contributed by atoms with van der Waals surface area (Å²) in [5, 5.41) is 15.6. The summed E-state index contributed by atoms with van der Waals surface area (Å²) >= 11 is 0. The number of phenols is 1. The molecule has 0 fully saturated rings. The Balaban J connectivity index is 2.19. The molecule has 1 aromatic carbocycles. The summed E-state index contributed by atoms with van der Waals surface area (Å²) < 4.78 is 9.49. The Bertz CT molecular complexity index is 522. The number of hydrogen-bond acceptors (Lipinski definition) is 5. The molecule has 0 aliphatic carbocycles. The van der Waals surface area contributed by atoms with Crippen molar-refractivity contribution in [2.45, 2.75) is 0 Å². The quantitative estimate of drug-likeness (QED) is 0.843. The molecule has 1 aromatic heterocycles. The van der Waals surface area contributed by atoms with Crippen molar-refractivity contribution < 1.29 is 19.2 Å². The highest BCUT2D eigenvalue weighted by Gasteiger charge is 2.13. The van der Waals surface area contributed by atoms with Crippen LogP contribution in [0.2, 0.25) is 0 Å². The molecule has 2 N–H and O–H groups in total. The lowest BCUT2D eigenvalue weighted by molar-refractivity contribution is 0.102. The Labute approximate surface area is 96.8 Å². The van der Waals surface area contributed by atoms with E-state index in [-0.39, 0.29) is 17.1 Å². The number of amides is 1. The molecule has 6 nitrogen and oxygen atoms in total. The maximum Gasteiger partial charge on any atom is 0.260 e. The molecule has 1 heterocycles. The number of nitrogens with one attached hydrogen (secondary N) is 1. The maximum atomic E-state index is 11.7. The second-order valence-corrected chi connectivity index (χ2v) is 3.22. The highest BCUT2D eigenvalue weighted by atomic mass is 16.5. The van der Waals surface area contributed by atoms with Crippen LogP contribution in [0.15, 0.2) is 35.1 Å². The number of carbonyl (C=O) groups excluding carboxylic acids is 1. The van der Waals surface area contributed by atoms with Crippen molar-refractivity contribution in [3.05, 3.63) is 36.1 Å². The summed E-state index contributed by atoms with van der Waals surface area (Å²) in [7, 11) is 1.48. The summed E-state index contributed by atoms with van der Waals surface area (Å²) in [5.74, 6) is 0.120. The van der Waals surface area contributed by atoms with Crippen LogP contribution in [-0.2, 0) is 0 Å². The van der Waals surface area contributed by atoms with E-state index in [0.717, 1.165) is 0 Å². The standard InChI is InChI=1S/C11H10N2O4/c1-16-7-2-3-8(9(14)6-7)11(15)12-10-4-5-17-13-10/h2-6,14H,1H3,(H,12,13,15). The van der Waals surface area contributed by atoms with Gasteiger partial charge in [0.15, 0.2) is 5.82 Å². The molecule has 6 heteroatoms. The van der Waals surface area contributed by atoms with Crippen molar-refractivity contribution in [3.8, 4) is 11.5 Å². The maximum absolute atomic E-state index is 11.7. The molecular weight excluding hydrogens is 224 g/mol. The first-order valence-electron chi connectivity index (χ1n) is 4.79. The van der Waals surface area contributed by atoms with Gasteiger partial charge < -0.3 is 19.7 Å². The zero-order valence-corrected chi connectivity index (χ0v) is 9.01. The Hall–Kier alpha value is -2.50. The number of phenolic OH excluding ortho intramolecular Hbond substituents is 1. The summed E-state index contributed by atoms with van der Waals surface area (Å²) in [6.45, 7) is 0. The van der Waals surface area contributed by atoms with Gasteiger partial charge >= 0.3 is 0 Å². The number of aromatic nitrogens is 1. The third-order valence-corrected chi connectivity index (χ3v) is 2.13.